The topological polar surface area (TPSA) is 44.4 Å². The molecule has 2 aliphatic rings. The molecule has 1 heterocycles. The lowest BCUT2D eigenvalue weighted by molar-refractivity contribution is 0.0561. The van der Waals surface area contributed by atoms with Crippen LogP contribution in [0.2, 0.25) is 0 Å². The van der Waals surface area contributed by atoms with Crippen molar-refractivity contribution < 1.29 is 18.0 Å². The maximum absolute atomic E-state index is 14.6. The Bertz CT molecular complexity index is 959. The molecule has 2 aromatic rings. The molecule has 0 unspecified atom stereocenters. The van der Waals surface area contributed by atoms with Gasteiger partial charge >= 0.3 is 0 Å². The van der Waals surface area contributed by atoms with Crippen molar-refractivity contribution in [1.29, 1.82) is 0 Å². The molecule has 31 heavy (non-hydrogen) atoms. The number of hydrogen-bond donors (Lipinski definition) is 2. The van der Waals surface area contributed by atoms with Gasteiger partial charge in [-0.15, -0.1) is 0 Å². The first-order valence-corrected chi connectivity index (χ1v) is 11.7. The van der Waals surface area contributed by atoms with Crippen molar-refractivity contribution in [3.63, 3.8) is 0 Å². The third kappa shape index (κ3) is 5.16. The van der Waals surface area contributed by atoms with Gasteiger partial charge in [-0.25, -0.2) is 13.2 Å². The fourth-order valence-corrected chi connectivity index (χ4v) is 4.70. The maximum Gasteiger partial charge on any atom is 0.256 e. The molecule has 1 saturated heterocycles. The first-order chi connectivity index (χ1) is 14.9. The van der Waals surface area contributed by atoms with Crippen molar-refractivity contribution in [3.8, 4) is 0 Å². The van der Waals surface area contributed by atoms with Crippen LogP contribution < -0.4 is 10.6 Å². The van der Waals surface area contributed by atoms with E-state index in [2.05, 4.69) is 10.6 Å². The van der Waals surface area contributed by atoms with E-state index in [-0.39, 0.29) is 23.0 Å². The summed E-state index contributed by atoms with van der Waals surface area (Å²) >= 11 is 1.96. The van der Waals surface area contributed by atoms with Crippen LogP contribution in [-0.4, -0.2) is 36.5 Å². The minimum absolute atomic E-state index is 0.0115. The number of carbonyl (C=O) groups is 1. The van der Waals surface area contributed by atoms with Gasteiger partial charge in [0.25, 0.3) is 5.91 Å². The van der Waals surface area contributed by atoms with Crippen LogP contribution in [-0.2, 0) is 0 Å². The van der Waals surface area contributed by atoms with E-state index < -0.39 is 23.4 Å². The normalized spacial score (nSPS) is 17.5. The van der Waals surface area contributed by atoms with Gasteiger partial charge in [0.15, 0.2) is 11.6 Å². The van der Waals surface area contributed by atoms with Crippen LogP contribution in [0.25, 0.3) is 0 Å². The number of nitrogens with one attached hydrogen (secondary N) is 2. The van der Waals surface area contributed by atoms with Gasteiger partial charge in [-0.05, 0) is 78.2 Å². The Labute approximate surface area is 193 Å². The molecule has 4 rings (SSSR count). The molecule has 1 aliphatic heterocycles. The molecule has 4 nitrogen and oxygen atoms in total. The summed E-state index contributed by atoms with van der Waals surface area (Å²) in [6.45, 7) is 1.99. The predicted molar refractivity (Wildman–Crippen MR) is 123 cm³/mol. The first-order valence-electron chi connectivity index (χ1n) is 10.6. The molecule has 0 bridgehead atoms. The summed E-state index contributed by atoms with van der Waals surface area (Å²) in [4.78, 5) is 14.6. The summed E-state index contributed by atoms with van der Waals surface area (Å²) in [6.07, 6.45) is 6.39. The summed E-state index contributed by atoms with van der Waals surface area (Å²) in [6, 6.07) is 6.74. The van der Waals surface area contributed by atoms with Gasteiger partial charge in [-0.3, -0.25) is 4.79 Å². The van der Waals surface area contributed by atoms with Crippen molar-refractivity contribution in [2.45, 2.75) is 38.1 Å². The van der Waals surface area contributed by atoms with E-state index in [9.17, 15) is 18.0 Å². The molecule has 2 N–H and O–H groups in total. The molecule has 0 spiro atoms. The number of benzene rings is 2. The van der Waals surface area contributed by atoms with Gasteiger partial charge in [0, 0.05) is 22.7 Å². The quantitative estimate of drug-likeness (QED) is 0.477. The van der Waals surface area contributed by atoms with Crippen LogP contribution in [0.5, 0.6) is 0 Å². The highest BCUT2D eigenvalue weighted by Gasteiger charge is 2.33. The minimum Gasteiger partial charge on any atom is -0.350 e. The van der Waals surface area contributed by atoms with Gasteiger partial charge in [-0.2, -0.15) is 0 Å². The van der Waals surface area contributed by atoms with Gasteiger partial charge in [-0.1, -0.05) is 19.3 Å². The second-order valence-electron chi connectivity index (χ2n) is 8.35. The molecule has 166 valence electrons. The van der Waals surface area contributed by atoms with E-state index >= 15 is 0 Å². The van der Waals surface area contributed by atoms with Crippen molar-refractivity contribution in [2.75, 3.05) is 25.0 Å². The Morgan fingerprint density at radius 3 is 2.48 bits per heavy atom. The highest BCUT2D eigenvalue weighted by atomic mass is 127. The summed E-state index contributed by atoms with van der Waals surface area (Å²) < 4.78 is 43.4. The molecular formula is C23H25F3IN3O. The zero-order valence-corrected chi connectivity index (χ0v) is 19.2. The largest absolute Gasteiger partial charge is 0.350 e. The number of hydrogen-bond acceptors (Lipinski definition) is 3. The lowest BCUT2D eigenvalue weighted by Gasteiger charge is -2.41. The van der Waals surface area contributed by atoms with E-state index in [1.165, 1.54) is 50.3 Å². The average Bonchev–Trinajstić information content (AvgIpc) is 2.72. The van der Waals surface area contributed by atoms with E-state index in [0.717, 1.165) is 12.6 Å². The number of likely N-dealkylation sites (tertiary alicyclic amines) is 1. The lowest BCUT2D eigenvalue weighted by atomic mass is 9.89. The van der Waals surface area contributed by atoms with Crippen molar-refractivity contribution in [2.24, 2.45) is 5.92 Å². The summed E-state index contributed by atoms with van der Waals surface area (Å²) in [5.74, 6) is -2.60. The number of rotatable bonds is 6. The smallest absolute Gasteiger partial charge is 0.256 e. The van der Waals surface area contributed by atoms with Gasteiger partial charge in [0.05, 0.1) is 16.9 Å². The molecule has 2 fully saturated rings. The molecule has 0 radical (unpaired) electrons. The number of anilines is 2. The monoisotopic (exact) mass is 543 g/mol. The third-order valence-corrected chi connectivity index (χ3v) is 6.78. The van der Waals surface area contributed by atoms with Crippen LogP contribution in [0, 0.1) is 26.9 Å². The summed E-state index contributed by atoms with van der Waals surface area (Å²) in [5.41, 5.74) is -0.374. The van der Waals surface area contributed by atoms with Gasteiger partial charge in [0.1, 0.15) is 5.82 Å². The SMILES string of the molecule is O=C(c1ccc(F)c(F)c1Nc1ccc(I)cc1F)N1CC(NCC2CCCCC2)C1. The fraction of sp³-hybridized carbons (Fsp3) is 0.435. The molecule has 1 saturated carbocycles. The number of halogens is 4. The van der Waals surface area contributed by atoms with Crippen LogP contribution in [0.3, 0.4) is 0 Å². The Morgan fingerprint density at radius 2 is 1.77 bits per heavy atom. The molecule has 0 aromatic heterocycles. The Hall–Kier alpha value is -1.81. The van der Waals surface area contributed by atoms with E-state index in [1.807, 2.05) is 22.6 Å². The highest BCUT2D eigenvalue weighted by Crippen LogP contribution is 2.30. The Balaban J connectivity index is 1.43. The minimum atomic E-state index is -1.20. The van der Waals surface area contributed by atoms with Crippen molar-refractivity contribution in [1.82, 2.24) is 10.2 Å². The van der Waals surface area contributed by atoms with Crippen molar-refractivity contribution >= 4 is 39.9 Å². The fourth-order valence-electron chi connectivity index (χ4n) is 4.25. The Kier molecular flexibility index (Phi) is 7.05. The van der Waals surface area contributed by atoms with Gasteiger partial charge in [0.2, 0.25) is 0 Å². The first kappa shape index (κ1) is 22.4. The zero-order valence-electron chi connectivity index (χ0n) is 17.1. The van der Waals surface area contributed by atoms with Crippen LogP contribution in [0.15, 0.2) is 30.3 Å². The van der Waals surface area contributed by atoms with Crippen molar-refractivity contribution in [3.05, 3.63) is 56.9 Å². The van der Waals surface area contributed by atoms with E-state index in [1.54, 1.807) is 11.0 Å². The van der Waals surface area contributed by atoms with Gasteiger partial charge < -0.3 is 15.5 Å². The van der Waals surface area contributed by atoms with Crippen LogP contribution >= 0.6 is 22.6 Å². The number of carbonyl (C=O) groups excluding carboxylic acids is 1. The zero-order chi connectivity index (χ0) is 22.0. The molecule has 8 heteroatoms. The molecule has 1 aliphatic carbocycles. The number of amides is 1. The summed E-state index contributed by atoms with van der Waals surface area (Å²) in [5, 5.41) is 6.10. The summed E-state index contributed by atoms with van der Waals surface area (Å²) in [7, 11) is 0. The van der Waals surface area contributed by atoms with E-state index in [0.29, 0.717) is 22.6 Å². The molecule has 2 aromatic carbocycles. The standard InChI is InChI=1S/C23H25F3IN3O/c24-18-8-7-17(22(21(18)26)29-20-9-6-15(27)10-19(20)25)23(31)30-12-16(13-30)28-11-14-4-2-1-3-5-14/h6-10,14,16,28-29H,1-5,11-13H2. The Morgan fingerprint density at radius 1 is 1.03 bits per heavy atom. The second kappa shape index (κ2) is 9.77. The number of nitrogens with zero attached hydrogens (tertiary/aromatic N) is 1. The second-order valence-corrected chi connectivity index (χ2v) is 9.60. The highest BCUT2D eigenvalue weighted by molar-refractivity contribution is 14.1. The molecule has 1 amide bonds. The van der Waals surface area contributed by atoms with Crippen LogP contribution in [0.1, 0.15) is 42.5 Å². The van der Waals surface area contributed by atoms with Crippen LogP contribution in [0.4, 0.5) is 24.5 Å². The van der Waals surface area contributed by atoms with E-state index in [4.69, 9.17) is 0 Å². The third-order valence-electron chi connectivity index (χ3n) is 6.10. The lowest BCUT2D eigenvalue weighted by Crippen LogP contribution is -2.60. The molecular weight excluding hydrogens is 518 g/mol. The maximum atomic E-state index is 14.6. The molecule has 0 atom stereocenters. The predicted octanol–water partition coefficient (Wildman–Crippen LogP) is 5.45. The average molecular weight is 543 g/mol.